The highest BCUT2D eigenvalue weighted by molar-refractivity contribution is 5.97. The Balaban J connectivity index is 1.23. The van der Waals surface area contributed by atoms with Gasteiger partial charge in [-0.2, -0.15) is 15.4 Å². The second-order valence-electron chi connectivity index (χ2n) is 6.22. The van der Waals surface area contributed by atoms with Gasteiger partial charge in [-0.25, -0.2) is 4.98 Å². The van der Waals surface area contributed by atoms with E-state index in [9.17, 15) is 4.79 Å². The van der Waals surface area contributed by atoms with Crippen molar-refractivity contribution in [2.75, 3.05) is 13.2 Å². The lowest BCUT2D eigenvalue weighted by Gasteiger charge is -2.09. The number of carbonyl (C=O) groups excluding carboxylic acids is 1. The SMILES string of the molecule is O=C(NCc1ccc(OCCOc2ccccc2)nc1)c1ccc2n[nH]nc2c1. The molecular weight excluding hydrogens is 370 g/mol. The molecule has 8 heteroatoms. The normalized spacial score (nSPS) is 10.6. The number of amides is 1. The predicted octanol–water partition coefficient (Wildman–Crippen LogP) is 2.74. The third-order valence-electron chi connectivity index (χ3n) is 4.17. The summed E-state index contributed by atoms with van der Waals surface area (Å²) in [4.78, 5) is 16.6. The van der Waals surface area contributed by atoms with E-state index in [1.165, 1.54) is 0 Å². The van der Waals surface area contributed by atoms with Crippen LogP contribution in [-0.2, 0) is 6.54 Å². The third kappa shape index (κ3) is 4.86. The van der Waals surface area contributed by atoms with E-state index in [1.807, 2.05) is 36.4 Å². The molecule has 0 aliphatic rings. The molecule has 4 aromatic rings. The quantitative estimate of drug-likeness (QED) is 0.449. The Labute approximate surface area is 166 Å². The van der Waals surface area contributed by atoms with Crippen molar-refractivity contribution in [3.05, 3.63) is 78.0 Å². The van der Waals surface area contributed by atoms with Crippen molar-refractivity contribution >= 4 is 16.9 Å². The fourth-order valence-corrected chi connectivity index (χ4v) is 2.69. The Kier molecular flexibility index (Phi) is 5.61. The first-order chi connectivity index (χ1) is 14.3. The minimum atomic E-state index is -0.187. The molecule has 8 nitrogen and oxygen atoms in total. The van der Waals surface area contributed by atoms with Crippen LogP contribution in [0.1, 0.15) is 15.9 Å². The number of H-pyrrole nitrogens is 1. The summed E-state index contributed by atoms with van der Waals surface area (Å²) in [5.74, 6) is 1.12. The number of hydrogen-bond donors (Lipinski definition) is 2. The standard InChI is InChI=1S/C21H19N5O3/c27-21(16-7-8-18-19(12-16)25-26-24-18)23-14-15-6-9-20(22-13-15)29-11-10-28-17-4-2-1-3-5-17/h1-9,12-13H,10-11,14H2,(H,23,27)(H,24,25,26). The summed E-state index contributed by atoms with van der Waals surface area (Å²) in [6.45, 7) is 1.18. The molecule has 2 N–H and O–H groups in total. The van der Waals surface area contributed by atoms with Gasteiger partial charge in [-0.05, 0) is 35.9 Å². The number of fused-ring (bicyclic) bond motifs is 1. The van der Waals surface area contributed by atoms with Gasteiger partial charge in [0.15, 0.2) is 0 Å². The van der Waals surface area contributed by atoms with Crippen LogP contribution >= 0.6 is 0 Å². The fourth-order valence-electron chi connectivity index (χ4n) is 2.69. The van der Waals surface area contributed by atoms with Gasteiger partial charge in [-0.1, -0.05) is 24.3 Å². The first-order valence-electron chi connectivity index (χ1n) is 9.12. The van der Waals surface area contributed by atoms with E-state index in [-0.39, 0.29) is 5.91 Å². The second-order valence-corrected chi connectivity index (χ2v) is 6.22. The summed E-state index contributed by atoms with van der Waals surface area (Å²) in [5.41, 5.74) is 2.76. The van der Waals surface area contributed by atoms with Crippen molar-refractivity contribution < 1.29 is 14.3 Å². The van der Waals surface area contributed by atoms with Crippen LogP contribution < -0.4 is 14.8 Å². The molecular formula is C21H19N5O3. The molecule has 2 aromatic heterocycles. The van der Waals surface area contributed by atoms with Crippen LogP contribution in [0.25, 0.3) is 11.0 Å². The lowest BCUT2D eigenvalue weighted by Crippen LogP contribution is -2.22. The maximum absolute atomic E-state index is 12.3. The summed E-state index contributed by atoms with van der Waals surface area (Å²) in [5, 5.41) is 13.4. The van der Waals surface area contributed by atoms with Crippen molar-refractivity contribution in [2.24, 2.45) is 0 Å². The topological polar surface area (TPSA) is 102 Å². The number of aromatic amines is 1. The Morgan fingerprint density at radius 2 is 1.76 bits per heavy atom. The van der Waals surface area contributed by atoms with Crippen LogP contribution in [0.15, 0.2) is 66.9 Å². The largest absolute Gasteiger partial charge is 0.490 e. The smallest absolute Gasteiger partial charge is 0.251 e. The van der Waals surface area contributed by atoms with Crippen molar-refractivity contribution in [1.29, 1.82) is 0 Å². The highest BCUT2D eigenvalue weighted by atomic mass is 16.5. The van der Waals surface area contributed by atoms with Gasteiger partial charge in [-0.3, -0.25) is 4.79 Å². The third-order valence-corrected chi connectivity index (χ3v) is 4.17. The molecule has 0 fully saturated rings. The van der Waals surface area contributed by atoms with Crippen LogP contribution in [0.4, 0.5) is 0 Å². The maximum atomic E-state index is 12.3. The average Bonchev–Trinajstić information content (AvgIpc) is 3.24. The molecule has 29 heavy (non-hydrogen) atoms. The summed E-state index contributed by atoms with van der Waals surface area (Å²) >= 11 is 0. The molecule has 0 aliphatic heterocycles. The van der Waals surface area contributed by atoms with E-state index in [1.54, 1.807) is 30.5 Å². The second kappa shape index (κ2) is 8.83. The van der Waals surface area contributed by atoms with Gasteiger partial charge >= 0.3 is 0 Å². The van der Waals surface area contributed by atoms with Crippen LogP contribution in [0.2, 0.25) is 0 Å². The number of para-hydroxylation sites is 1. The number of hydrogen-bond acceptors (Lipinski definition) is 6. The van der Waals surface area contributed by atoms with E-state index >= 15 is 0 Å². The van der Waals surface area contributed by atoms with Crippen LogP contribution in [-0.4, -0.2) is 39.5 Å². The molecule has 0 bridgehead atoms. The monoisotopic (exact) mass is 389 g/mol. The van der Waals surface area contributed by atoms with Crippen molar-refractivity contribution in [2.45, 2.75) is 6.54 Å². The number of aromatic nitrogens is 4. The minimum Gasteiger partial charge on any atom is -0.490 e. The number of ether oxygens (including phenoxy) is 2. The van der Waals surface area contributed by atoms with E-state index in [2.05, 4.69) is 25.7 Å². The number of benzene rings is 2. The molecule has 2 heterocycles. The molecule has 0 saturated heterocycles. The van der Waals surface area contributed by atoms with E-state index in [4.69, 9.17) is 9.47 Å². The zero-order chi connectivity index (χ0) is 19.9. The molecule has 4 rings (SSSR count). The highest BCUT2D eigenvalue weighted by Crippen LogP contribution is 2.12. The number of pyridine rings is 1. The molecule has 0 spiro atoms. The number of rotatable bonds is 8. The number of nitrogens with zero attached hydrogens (tertiary/aromatic N) is 3. The molecule has 0 radical (unpaired) electrons. The summed E-state index contributed by atoms with van der Waals surface area (Å²) in [6, 6.07) is 18.4. The van der Waals surface area contributed by atoms with Gasteiger partial charge in [0.2, 0.25) is 5.88 Å². The van der Waals surface area contributed by atoms with E-state index in [0.717, 1.165) is 16.8 Å². The Morgan fingerprint density at radius 3 is 2.59 bits per heavy atom. The molecule has 2 aromatic carbocycles. The van der Waals surface area contributed by atoms with Crippen molar-refractivity contribution in [3.8, 4) is 11.6 Å². The molecule has 0 aliphatic carbocycles. The highest BCUT2D eigenvalue weighted by Gasteiger charge is 2.08. The van der Waals surface area contributed by atoms with Gasteiger partial charge in [0.25, 0.3) is 5.91 Å². The van der Waals surface area contributed by atoms with Crippen molar-refractivity contribution in [1.82, 2.24) is 25.7 Å². The zero-order valence-corrected chi connectivity index (χ0v) is 15.5. The first kappa shape index (κ1) is 18.4. The Morgan fingerprint density at radius 1 is 0.931 bits per heavy atom. The van der Waals surface area contributed by atoms with Gasteiger partial charge in [-0.15, -0.1) is 0 Å². The first-order valence-corrected chi connectivity index (χ1v) is 9.12. The predicted molar refractivity (Wildman–Crippen MR) is 107 cm³/mol. The minimum absolute atomic E-state index is 0.187. The zero-order valence-electron chi connectivity index (χ0n) is 15.5. The van der Waals surface area contributed by atoms with Gasteiger partial charge in [0.05, 0.1) is 0 Å². The van der Waals surface area contributed by atoms with Crippen LogP contribution in [0.5, 0.6) is 11.6 Å². The Bertz CT molecular complexity index is 1080. The van der Waals surface area contributed by atoms with E-state index in [0.29, 0.717) is 36.7 Å². The molecule has 1 amide bonds. The molecule has 146 valence electrons. The average molecular weight is 389 g/mol. The van der Waals surface area contributed by atoms with Crippen LogP contribution in [0.3, 0.4) is 0 Å². The lowest BCUT2D eigenvalue weighted by atomic mass is 10.2. The maximum Gasteiger partial charge on any atom is 0.251 e. The number of nitrogens with one attached hydrogen (secondary N) is 2. The lowest BCUT2D eigenvalue weighted by molar-refractivity contribution is 0.0951. The fraction of sp³-hybridized carbons (Fsp3) is 0.143. The molecule has 0 unspecified atom stereocenters. The van der Waals surface area contributed by atoms with Gasteiger partial charge in [0, 0.05) is 24.4 Å². The van der Waals surface area contributed by atoms with Gasteiger partial charge < -0.3 is 14.8 Å². The Hall–Kier alpha value is -3.94. The summed E-state index contributed by atoms with van der Waals surface area (Å²) in [7, 11) is 0. The summed E-state index contributed by atoms with van der Waals surface area (Å²) in [6.07, 6.45) is 1.68. The summed E-state index contributed by atoms with van der Waals surface area (Å²) < 4.78 is 11.1. The molecule has 0 saturated carbocycles. The molecule has 0 atom stereocenters. The van der Waals surface area contributed by atoms with E-state index < -0.39 is 0 Å². The van der Waals surface area contributed by atoms with Crippen molar-refractivity contribution in [3.63, 3.8) is 0 Å². The van der Waals surface area contributed by atoms with Gasteiger partial charge in [0.1, 0.15) is 30.0 Å². The number of carbonyl (C=O) groups is 1. The van der Waals surface area contributed by atoms with Crippen LogP contribution in [0, 0.1) is 0 Å².